The number of fused-ring (bicyclic) bond motifs is 1. The standard InChI is InChI=1S/C21H16N8O3S/c1-13-2-7-16-18(10-13)33-20(24-16)14-3-5-15(6-4-14)23-19(30)17-8-9-27(25-17)12-28-11-22-21(26-28)29(31)32/h2-11H,12H2,1H3,(H,23,30). The van der Waals surface area contributed by atoms with Crippen LogP contribution in [0.2, 0.25) is 0 Å². The van der Waals surface area contributed by atoms with Gasteiger partial charge in [0.25, 0.3) is 5.91 Å². The maximum Gasteiger partial charge on any atom is 0.491 e. The van der Waals surface area contributed by atoms with Crippen molar-refractivity contribution in [2.45, 2.75) is 13.6 Å². The SMILES string of the molecule is Cc1ccc2nc(-c3ccc(NC(=O)c4ccn(Cn5cnc([N+](=O)[O-])n5)n4)cc3)sc2c1. The number of aryl methyl sites for hydroxylation is 1. The zero-order valence-electron chi connectivity index (χ0n) is 17.2. The molecule has 0 bridgehead atoms. The first kappa shape index (κ1) is 20.5. The van der Waals surface area contributed by atoms with Crippen molar-refractivity contribution < 1.29 is 9.72 Å². The molecule has 0 spiro atoms. The third kappa shape index (κ3) is 4.32. The van der Waals surface area contributed by atoms with E-state index in [2.05, 4.69) is 38.5 Å². The first-order valence-corrected chi connectivity index (χ1v) is 10.6. The Bertz CT molecular complexity index is 1490. The molecule has 12 heteroatoms. The fraction of sp³-hybridized carbons (Fsp3) is 0.0952. The van der Waals surface area contributed by atoms with E-state index < -0.39 is 10.9 Å². The first-order valence-electron chi connectivity index (χ1n) is 9.81. The molecule has 5 aromatic rings. The molecule has 0 saturated carbocycles. The monoisotopic (exact) mass is 460 g/mol. The summed E-state index contributed by atoms with van der Waals surface area (Å²) >= 11 is 1.63. The number of aromatic nitrogens is 6. The van der Waals surface area contributed by atoms with Gasteiger partial charge >= 0.3 is 5.95 Å². The second-order valence-corrected chi connectivity index (χ2v) is 8.28. The van der Waals surface area contributed by atoms with Gasteiger partial charge in [-0.2, -0.15) is 9.78 Å². The molecule has 3 heterocycles. The Morgan fingerprint density at radius 1 is 1.12 bits per heavy atom. The van der Waals surface area contributed by atoms with E-state index in [1.54, 1.807) is 23.6 Å². The van der Waals surface area contributed by atoms with Gasteiger partial charge in [0.05, 0.1) is 10.2 Å². The molecule has 11 nitrogen and oxygen atoms in total. The van der Waals surface area contributed by atoms with E-state index in [9.17, 15) is 14.9 Å². The minimum Gasteiger partial charge on any atom is -0.390 e. The molecule has 164 valence electrons. The molecule has 1 amide bonds. The second kappa shape index (κ2) is 8.24. The van der Waals surface area contributed by atoms with E-state index in [1.807, 2.05) is 36.4 Å². The Balaban J connectivity index is 1.25. The Labute approximate surface area is 190 Å². The fourth-order valence-electron chi connectivity index (χ4n) is 3.19. The second-order valence-electron chi connectivity index (χ2n) is 7.24. The molecule has 0 fully saturated rings. The van der Waals surface area contributed by atoms with Gasteiger partial charge in [-0.05, 0) is 59.9 Å². The van der Waals surface area contributed by atoms with Gasteiger partial charge in [-0.15, -0.1) is 11.3 Å². The lowest BCUT2D eigenvalue weighted by molar-refractivity contribution is -0.394. The van der Waals surface area contributed by atoms with Gasteiger partial charge in [-0.25, -0.2) is 9.67 Å². The van der Waals surface area contributed by atoms with E-state index in [0.717, 1.165) is 20.8 Å². The number of carbonyl (C=O) groups is 1. The van der Waals surface area contributed by atoms with Crippen LogP contribution in [-0.2, 0) is 6.67 Å². The van der Waals surface area contributed by atoms with Crippen molar-refractivity contribution in [3.8, 4) is 10.6 Å². The summed E-state index contributed by atoms with van der Waals surface area (Å²) in [6.45, 7) is 2.14. The zero-order chi connectivity index (χ0) is 22.9. The minimum atomic E-state index is -0.679. The van der Waals surface area contributed by atoms with Gasteiger partial charge in [-0.3, -0.25) is 4.79 Å². The Hall–Kier alpha value is -4.45. The van der Waals surface area contributed by atoms with Crippen LogP contribution in [0.25, 0.3) is 20.8 Å². The van der Waals surface area contributed by atoms with Gasteiger partial charge < -0.3 is 15.4 Å². The number of hydrogen-bond donors (Lipinski definition) is 1. The fourth-order valence-corrected chi connectivity index (χ4v) is 4.26. The highest BCUT2D eigenvalue weighted by Crippen LogP contribution is 2.31. The lowest BCUT2D eigenvalue weighted by Crippen LogP contribution is -2.15. The summed E-state index contributed by atoms with van der Waals surface area (Å²) in [6, 6.07) is 15.2. The van der Waals surface area contributed by atoms with Gasteiger partial charge in [0, 0.05) is 22.5 Å². The average Bonchev–Trinajstić information content (AvgIpc) is 3.54. The third-order valence-electron chi connectivity index (χ3n) is 4.78. The molecule has 33 heavy (non-hydrogen) atoms. The van der Waals surface area contributed by atoms with Crippen molar-refractivity contribution in [1.82, 2.24) is 29.5 Å². The predicted octanol–water partition coefficient (Wildman–Crippen LogP) is 3.73. The predicted molar refractivity (Wildman–Crippen MR) is 122 cm³/mol. The molecule has 5 rings (SSSR count). The number of nitro groups is 1. The van der Waals surface area contributed by atoms with Crippen molar-refractivity contribution in [1.29, 1.82) is 0 Å². The van der Waals surface area contributed by atoms with Crippen LogP contribution in [0.4, 0.5) is 11.6 Å². The number of carbonyl (C=O) groups excluding carboxylic acids is 1. The lowest BCUT2D eigenvalue weighted by Gasteiger charge is -2.04. The third-order valence-corrected chi connectivity index (χ3v) is 5.85. The molecule has 0 aliphatic carbocycles. The molecule has 0 aliphatic rings. The van der Waals surface area contributed by atoms with Crippen LogP contribution in [-0.4, -0.2) is 40.4 Å². The Morgan fingerprint density at radius 3 is 2.70 bits per heavy atom. The maximum atomic E-state index is 12.6. The summed E-state index contributed by atoms with van der Waals surface area (Å²) in [7, 11) is 0. The van der Waals surface area contributed by atoms with Gasteiger partial charge in [0.1, 0.15) is 5.01 Å². The van der Waals surface area contributed by atoms with Crippen LogP contribution in [0.15, 0.2) is 61.1 Å². The van der Waals surface area contributed by atoms with Gasteiger partial charge in [0.15, 0.2) is 12.4 Å². The highest BCUT2D eigenvalue weighted by Gasteiger charge is 2.15. The van der Waals surface area contributed by atoms with Crippen LogP contribution < -0.4 is 5.32 Å². The summed E-state index contributed by atoms with van der Waals surface area (Å²) in [6.07, 6.45) is 2.81. The molecule has 0 aliphatic heterocycles. The highest BCUT2D eigenvalue weighted by molar-refractivity contribution is 7.21. The molecule has 0 unspecified atom stereocenters. The summed E-state index contributed by atoms with van der Waals surface area (Å²) in [5, 5.41) is 22.3. The van der Waals surface area contributed by atoms with Crippen molar-refractivity contribution in [2.24, 2.45) is 0 Å². The van der Waals surface area contributed by atoms with E-state index >= 15 is 0 Å². The lowest BCUT2D eigenvalue weighted by atomic mass is 10.2. The van der Waals surface area contributed by atoms with Crippen LogP contribution in [0.3, 0.4) is 0 Å². The van der Waals surface area contributed by atoms with Gasteiger partial charge in [-0.1, -0.05) is 11.1 Å². The molecule has 2 aromatic carbocycles. The summed E-state index contributed by atoms with van der Waals surface area (Å²) < 4.78 is 3.83. The largest absolute Gasteiger partial charge is 0.491 e. The summed E-state index contributed by atoms with van der Waals surface area (Å²) in [5.74, 6) is -0.869. The average molecular weight is 460 g/mol. The molecular weight excluding hydrogens is 444 g/mol. The van der Waals surface area contributed by atoms with Gasteiger partial charge in [0.2, 0.25) is 6.33 Å². The van der Waals surface area contributed by atoms with E-state index in [1.165, 1.54) is 21.3 Å². The number of thiazole rings is 1. The van der Waals surface area contributed by atoms with Crippen LogP contribution in [0.5, 0.6) is 0 Å². The van der Waals surface area contributed by atoms with Crippen molar-refractivity contribution >= 4 is 39.1 Å². The number of anilines is 1. The van der Waals surface area contributed by atoms with Crippen LogP contribution >= 0.6 is 11.3 Å². The molecular formula is C21H16N8O3S. The molecule has 3 aromatic heterocycles. The van der Waals surface area contributed by atoms with Crippen molar-refractivity contribution in [2.75, 3.05) is 5.32 Å². The quantitative estimate of drug-likeness (QED) is 0.301. The normalized spacial score (nSPS) is 11.1. The van der Waals surface area contributed by atoms with E-state index in [0.29, 0.717) is 5.69 Å². The van der Waals surface area contributed by atoms with Crippen LogP contribution in [0, 0.1) is 17.0 Å². The molecule has 0 atom stereocenters. The Kier molecular flexibility index (Phi) is 5.11. The molecule has 0 radical (unpaired) electrons. The smallest absolute Gasteiger partial charge is 0.390 e. The van der Waals surface area contributed by atoms with Crippen molar-refractivity contribution in [3.05, 3.63) is 82.4 Å². The number of nitrogens with one attached hydrogen (secondary N) is 1. The van der Waals surface area contributed by atoms with E-state index in [4.69, 9.17) is 0 Å². The molecule has 0 saturated heterocycles. The maximum absolute atomic E-state index is 12.6. The Morgan fingerprint density at radius 2 is 1.94 bits per heavy atom. The topological polar surface area (TPSA) is 134 Å². The number of amides is 1. The molecule has 1 N–H and O–H groups in total. The first-order chi connectivity index (χ1) is 15.9. The number of nitrogens with zero attached hydrogens (tertiary/aromatic N) is 7. The zero-order valence-corrected chi connectivity index (χ0v) is 18.1. The van der Waals surface area contributed by atoms with Crippen molar-refractivity contribution in [3.63, 3.8) is 0 Å². The number of rotatable bonds is 6. The summed E-state index contributed by atoms with van der Waals surface area (Å²) in [5.41, 5.74) is 3.96. The minimum absolute atomic E-state index is 0.0878. The van der Waals surface area contributed by atoms with Crippen LogP contribution in [0.1, 0.15) is 16.1 Å². The number of benzene rings is 2. The van der Waals surface area contributed by atoms with E-state index in [-0.39, 0.29) is 18.3 Å². The highest BCUT2D eigenvalue weighted by atomic mass is 32.1. The summed E-state index contributed by atoms with van der Waals surface area (Å²) in [4.78, 5) is 30.8. The number of hydrogen-bond acceptors (Lipinski definition) is 8.